The molecular weight excluding hydrogens is 414 g/mol. The number of amides is 1. The van der Waals surface area contributed by atoms with E-state index < -0.39 is 11.2 Å². The molecule has 0 aliphatic rings. The van der Waals surface area contributed by atoms with Crippen molar-refractivity contribution in [2.75, 3.05) is 38.6 Å². The number of aliphatic hydroxyl groups is 1. The number of H-pyrrole nitrogens is 1. The van der Waals surface area contributed by atoms with Crippen LogP contribution in [0.25, 0.3) is 10.9 Å². The molecule has 0 saturated carbocycles. The molecule has 0 spiro atoms. The van der Waals surface area contributed by atoms with E-state index in [-0.39, 0.29) is 31.4 Å². The third-order valence-electron chi connectivity index (χ3n) is 3.93. The lowest BCUT2D eigenvalue weighted by Gasteiger charge is -2.20. The highest BCUT2D eigenvalue weighted by Crippen LogP contribution is 2.26. The Hall–Kier alpha value is -3.01. The number of aliphatic hydroxyl groups excluding tert-OH is 1. The number of nitrogens with zero attached hydrogens (tertiary/aromatic N) is 3. The number of hydrogen-bond donors (Lipinski definition) is 3. The molecule has 2 aromatic rings. The second-order valence-corrected chi connectivity index (χ2v) is 7.30. The van der Waals surface area contributed by atoms with Crippen molar-refractivity contribution in [3.8, 4) is 11.8 Å². The average molecular weight is 437 g/mol. The van der Waals surface area contributed by atoms with Gasteiger partial charge >= 0.3 is 0 Å². The molecule has 0 bridgehead atoms. The molecular formula is C18H23N5O6S. The fraction of sp³-hybridized carbons (Fsp3) is 0.444. The Morgan fingerprint density at radius 2 is 2.33 bits per heavy atom. The normalized spacial score (nSPS) is 11.6. The predicted molar refractivity (Wildman–Crippen MR) is 110 cm³/mol. The number of nitrogens with one attached hydrogen (secondary N) is 2. The van der Waals surface area contributed by atoms with E-state index in [9.17, 15) is 20.0 Å². The van der Waals surface area contributed by atoms with E-state index in [0.717, 1.165) is 22.9 Å². The molecule has 0 saturated heterocycles. The van der Waals surface area contributed by atoms with Crippen LogP contribution in [-0.2, 0) is 9.63 Å². The number of hydrogen-bond acceptors (Lipinski definition) is 9. The molecule has 1 unspecified atom stereocenters. The maximum atomic E-state index is 11.6. The summed E-state index contributed by atoms with van der Waals surface area (Å²) in [6.07, 6.45) is -0.776. The van der Waals surface area contributed by atoms with E-state index in [1.165, 1.54) is 11.2 Å². The molecule has 11 nitrogen and oxygen atoms in total. The largest absolute Gasteiger partial charge is 0.490 e. The number of aromatic amines is 1. The highest BCUT2D eigenvalue weighted by atomic mass is 32.2. The Morgan fingerprint density at radius 1 is 1.53 bits per heavy atom. The fourth-order valence-corrected chi connectivity index (χ4v) is 3.35. The molecule has 1 amide bonds. The molecule has 162 valence electrons. The number of fused-ring (bicyclic) bond motifs is 1. The molecule has 0 fully saturated rings. The Bertz CT molecular complexity index is 899. The summed E-state index contributed by atoms with van der Waals surface area (Å²) in [5, 5.41) is 32.2. The van der Waals surface area contributed by atoms with Gasteiger partial charge in [-0.1, -0.05) is 6.07 Å². The highest BCUT2D eigenvalue weighted by Gasteiger charge is 2.12. The lowest BCUT2D eigenvalue weighted by Crippen LogP contribution is -2.36. The summed E-state index contributed by atoms with van der Waals surface area (Å²) >= 11 is 1.14. The molecule has 0 radical (unpaired) electrons. The van der Waals surface area contributed by atoms with Crippen LogP contribution in [0.15, 0.2) is 24.3 Å². The van der Waals surface area contributed by atoms with Gasteiger partial charge in [-0.3, -0.25) is 9.10 Å². The first-order valence-electron chi connectivity index (χ1n) is 9.12. The van der Waals surface area contributed by atoms with Crippen LogP contribution in [0.2, 0.25) is 0 Å². The van der Waals surface area contributed by atoms with Crippen LogP contribution in [0, 0.1) is 21.4 Å². The maximum absolute atomic E-state index is 11.6. The quantitative estimate of drug-likeness (QED) is 0.181. The van der Waals surface area contributed by atoms with E-state index in [1.807, 2.05) is 12.1 Å². The number of nitriles is 1. The number of aromatic nitrogens is 1. The second kappa shape index (κ2) is 11.9. The van der Waals surface area contributed by atoms with E-state index >= 15 is 0 Å². The SMILES string of the molecule is CC(=O)N(CCNCC(O)COc1cccc2[nH]c(C#N)cc12)SCCO[N+](=O)[O-]. The van der Waals surface area contributed by atoms with Crippen LogP contribution in [0.1, 0.15) is 12.6 Å². The van der Waals surface area contributed by atoms with Crippen LogP contribution in [0.4, 0.5) is 0 Å². The van der Waals surface area contributed by atoms with Crippen LogP contribution in [0.3, 0.4) is 0 Å². The smallest absolute Gasteiger partial charge is 0.294 e. The Labute approximate surface area is 177 Å². The highest BCUT2D eigenvalue weighted by molar-refractivity contribution is 7.97. The number of ether oxygens (including phenoxy) is 1. The molecule has 2 rings (SSSR count). The summed E-state index contributed by atoms with van der Waals surface area (Å²) in [6, 6.07) is 9.14. The first-order valence-corrected chi connectivity index (χ1v) is 10.1. The molecule has 1 aromatic heterocycles. The van der Waals surface area contributed by atoms with Gasteiger partial charge in [-0.05, 0) is 30.1 Å². The van der Waals surface area contributed by atoms with E-state index in [4.69, 9.17) is 10.00 Å². The van der Waals surface area contributed by atoms with Crippen molar-refractivity contribution < 1.29 is 24.6 Å². The van der Waals surface area contributed by atoms with Crippen molar-refractivity contribution in [2.24, 2.45) is 0 Å². The number of carbonyl (C=O) groups is 1. The average Bonchev–Trinajstić information content (AvgIpc) is 3.14. The van der Waals surface area contributed by atoms with E-state index in [0.29, 0.717) is 24.5 Å². The van der Waals surface area contributed by atoms with Gasteiger partial charge in [-0.2, -0.15) is 5.26 Å². The van der Waals surface area contributed by atoms with Gasteiger partial charge in [-0.15, -0.1) is 10.1 Å². The Morgan fingerprint density at radius 3 is 3.03 bits per heavy atom. The van der Waals surface area contributed by atoms with Gasteiger partial charge < -0.3 is 25.0 Å². The van der Waals surface area contributed by atoms with Gasteiger partial charge in [0.05, 0.1) is 5.52 Å². The first kappa shape index (κ1) is 23.3. The molecule has 12 heteroatoms. The van der Waals surface area contributed by atoms with Gasteiger partial charge in [0.15, 0.2) is 0 Å². The van der Waals surface area contributed by atoms with Crippen LogP contribution in [0.5, 0.6) is 5.75 Å². The van der Waals surface area contributed by atoms with Crippen LogP contribution < -0.4 is 10.1 Å². The lowest BCUT2D eigenvalue weighted by atomic mass is 10.2. The van der Waals surface area contributed by atoms with Crippen molar-refractivity contribution in [2.45, 2.75) is 13.0 Å². The minimum Gasteiger partial charge on any atom is -0.490 e. The summed E-state index contributed by atoms with van der Waals surface area (Å²) in [7, 11) is 0. The summed E-state index contributed by atoms with van der Waals surface area (Å²) in [6.45, 7) is 2.42. The Balaban J connectivity index is 1.70. The topological polar surface area (TPSA) is 154 Å². The van der Waals surface area contributed by atoms with E-state index in [1.54, 1.807) is 18.2 Å². The van der Waals surface area contributed by atoms with Crippen molar-refractivity contribution >= 4 is 28.8 Å². The molecule has 3 N–H and O–H groups in total. The van der Waals surface area contributed by atoms with Gasteiger partial charge in [0.1, 0.15) is 36.8 Å². The molecule has 1 aromatic carbocycles. The minimum atomic E-state index is -0.872. The maximum Gasteiger partial charge on any atom is 0.294 e. The fourth-order valence-electron chi connectivity index (χ4n) is 2.58. The zero-order valence-electron chi connectivity index (χ0n) is 16.4. The third kappa shape index (κ3) is 7.43. The molecule has 0 aliphatic heterocycles. The molecule has 1 heterocycles. The van der Waals surface area contributed by atoms with Gasteiger partial charge in [-0.25, -0.2) is 0 Å². The third-order valence-corrected chi connectivity index (χ3v) is 5.03. The van der Waals surface area contributed by atoms with Crippen LogP contribution >= 0.6 is 11.9 Å². The molecule has 0 aliphatic carbocycles. The van der Waals surface area contributed by atoms with Gasteiger partial charge in [0.2, 0.25) is 5.91 Å². The number of benzene rings is 1. The second-order valence-electron chi connectivity index (χ2n) is 6.19. The zero-order valence-corrected chi connectivity index (χ0v) is 17.2. The molecule has 1 atom stereocenters. The van der Waals surface area contributed by atoms with Crippen LogP contribution in [-0.4, -0.2) is 70.1 Å². The van der Waals surface area contributed by atoms with Crippen molar-refractivity contribution in [3.63, 3.8) is 0 Å². The van der Waals surface area contributed by atoms with E-state index in [2.05, 4.69) is 15.1 Å². The van der Waals surface area contributed by atoms with Crippen molar-refractivity contribution in [1.29, 1.82) is 5.26 Å². The predicted octanol–water partition coefficient (Wildman–Crippen LogP) is 1.07. The standard InChI is InChI=1S/C18H23N5O6S/c1-13(24)22(30-8-7-29-23(26)27)6-5-20-11-15(25)12-28-18-4-2-3-17-16(18)9-14(10-19)21-17/h2-4,9,15,20-21,25H,5-8,11-12H2,1H3. The van der Waals surface area contributed by atoms with Crippen molar-refractivity contribution in [3.05, 3.63) is 40.1 Å². The summed E-state index contributed by atoms with van der Waals surface area (Å²) in [5.41, 5.74) is 1.21. The number of rotatable bonds is 13. The summed E-state index contributed by atoms with van der Waals surface area (Å²) in [4.78, 5) is 28.9. The van der Waals surface area contributed by atoms with Crippen molar-refractivity contribution in [1.82, 2.24) is 14.6 Å². The summed E-state index contributed by atoms with van der Waals surface area (Å²) in [5.74, 6) is 0.665. The monoisotopic (exact) mass is 437 g/mol. The first-order chi connectivity index (χ1) is 14.4. The molecule has 30 heavy (non-hydrogen) atoms. The summed E-state index contributed by atoms with van der Waals surface area (Å²) < 4.78 is 7.15. The zero-order chi connectivity index (χ0) is 21.9. The number of carbonyl (C=O) groups excluding carboxylic acids is 1. The van der Waals surface area contributed by atoms with Gasteiger partial charge in [0, 0.05) is 37.7 Å². The Kier molecular flexibility index (Phi) is 9.20. The minimum absolute atomic E-state index is 0.0581. The van der Waals surface area contributed by atoms with Gasteiger partial charge in [0.25, 0.3) is 5.09 Å². The lowest BCUT2D eigenvalue weighted by molar-refractivity contribution is -0.756.